The standard InChI is InChI=1S/C28H27ClO5/c1-31-25-15-14-22(18-23(25)29)24(30)7-5-6-19-8-10-20(11-9-19)12-13-21-16-26(32-2)28(34-4)27(17-21)33-3/h5,7-18H,6H2,1-4H3/b7-5-,13-12-. The van der Waals surface area contributed by atoms with Gasteiger partial charge in [-0.3, -0.25) is 4.79 Å². The Morgan fingerprint density at radius 2 is 1.38 bits per heavy atom. The highest BCUT2D eigenvalue weighted by Gasteiger charge is 2.12. The summed E-state index contributed by atoms with van der Waals surface area (Å²) >= 11 is 6.10. The lowest BCUT2D eigenvalue weighted by Gasteiger charge is -2.12. The summed E-state index contributed by atoms with van der Waals surface area (Å²) in [6.45, 7) is 0. The third-order valence-corrected chi connectivity index (χ3v) is 5.49. The molecule has 0 saturated heterocycles. The second-order valence-corrected chi connectivity index (χ2v) is 7.76. The van der Waals surface area contributed by atoms with Gasteiger partial charge >= 0.3 is 0 Å². The molecule has 3 aromatic carbocycles. The lowest BCUT2D eigenvalue weighted by atomic mass is 10.1. The van der Waals surface area contributed by atoms with Crippen molar-refractivity contribution in [3.05, 3.63) is 94.0 Å². The minimum absolute atomic E-state index is 0.102. The predicted molar refractivity (Wildman–Crippen MR) is 137 cm³/mol. The van der Waals surface area contributed by atoms with Gasteiger partial charge in [-0.05, 0) is 59.5 Å². The Labute approximate surface area is 205 Å². The van der Waals surface area contributed by atoms with Gasteiger partial charge in [0.2, 0.25) is 5.75 Å². The molecule has 0 heterocycles. The van der Waals surface area contributed by atoms with Gasteiger partial charge in [0.25, 0.3) is 0 Å². The summed E-state index contributed by atoms with van der Waals surface area (Å²) in [5.41, 5.74) is 3.60. The van der Waals surface area contributed by atoms with Crippen molar-refractivity contribution in [3.8, 4) is 23.0 Å². The molecular weight excluding hydrogens is 452 g/mol. The van der Waals surface area contributed by atoms with Gasteiger partial charge in [-0.15, -0.1) is 0 Å². The summed E-state index contributed by atoms with van der Waals surface area (Å²) in [6, 6.07) is 16.9. The van der Waals surface area contributed by atoms with E-state index in [1.54, 1.807) is 45.6 Å². The molecule has 0 atom stereocenters. The zero-order valence-corrected chi connectivity index (χ0v) is 20.4. The predicted octanol–water partition coefficient (Wildman–Crippen LogP) is 6.53. The molecule has 0 radical (unpaired) electrons. The molecule has 0 aromatic heterocycles. The summed E-state index contributed by atoms with van der Waals surface area (Å²) in [5.74, 6) is 2.22. The first-order valence-electron chi connectivity index (χ1n) is 10.6. The van der Waals surface area contributed by atoms with Gasteiger partial charge in [0, 0.05) is 5.56 Å². The van der Waals surface area contributed by atoms with Crippen LogP contribution in [0.15, 0.2) is 66.7 Å². The van der Waals surface area contributed by atoms with Gasteiger partial charge in [0.15, 0.2) is 17.3 Å². The molecule has 0 fully saturated rings. The Bertz CT molecular complexity index is 1170. The highest BCUT2D eigenvalue weighted by molar-refractivity contribution is 6.32. The van der Waals surface area contributed by atoms with Crippen LogP contribution in [-0.2, 0) is 6.42 Å². The van der Waals surface area contributed by atoms with Gasteiger partial charge in [0.05, 0.1) is 33.5 Å². The number of hydrogen-bond donors (Lipinski definition) is 0. The Morgan fingerprint density at radius 1 is 0.765 bits per heavy atom. The van der Waals surface area contributed by atoms with Crippen LogP contribution < -0.4 is 18.9 Å². The van der Waals surface area contributed by atoms with E-state index in [1.807, 2.05) is 54.6 Å². The molecule has 0 amide bonds. The number of methoxy groups -OCH3 is 4. The first kappa shape index (κ1) is 24.9. The molecular formula is C28H27ClO5. The topological polar surface area (TPSA) is 54.0 Å². The number of rotatable bonds is 10. The highest BCUT2D eigenvalue weighted by Crippen LogP contribution is 2.38. The van der Waals surface area contributed by atoms with Gasteiger partial charge in [-0.1, -0.05) is 54.1 Å². The number of allylic oxidation sites excluding steroid dienone is 2. The minimum atomic E-state index is -0.102. The lowest BCUT2D eigenvalue weighted by Crippen LogP contribution is -1.95. The van der Waals surface area contributed by atoms with E-state index in [-0.39, 0.29) is 5.78 Å². The zero-order valence-electron chi connectivity index (χ0n) is 19.6. The first-order chi connectivity index (χ1) is 16.5. The second kappa shape index (κ2) is 12.0. The maximum atomic E-state index is 12.4. The highest BCUT2D eigenvalue weighted by atomic mass is 35.5. The van der Waals surface area contributed by atoms with Crippen LogP contribution in [0.4, 0.5) is 0 Å². The number of carbonyl (C=O) groups is 1. The van der Waals surface area contributed by atoms with E-state index < -0.39 is 0 Å². The average molecular weight is 479 g/mol. The van der Waals surface area contributed by atoms with Gasteiger partial charge < -0.3 is 18.9 Å². The Hall–Kier alpha value is -3.70. The van der Waals surface area contributed by atoms with Crippen LogP contribution in [0.25, 0.3) is 12.2 Å². The van der Waals surface area contributed by atoms with Crippen LogP contribution in [0.3, 0.4) is 0 Å². The van der Waals surface area contributed by atoms with Crippen LogP contribution in [0.5, 0.6) is 23.0 Å². The molecule has 6 heteroatoms. The van der Waals surface area contributed by atoms with Crippen molar-refractivity contribution in [3.63, 3.8) is 0 Å². The van der Waals surface area contributed by atoms with E-state index in [4.69, 9.17) is 30.5 Å². The monoisotopic (exact) mass is 478 g/mol. The van der Waals surface area contributed by atoms with E-state index in [1.165, 1.54) is 7.11 Å². The number of ketones is 1. The van der Waals surface area contributed by atoms with Crippen LogP contribution in [0, 0.1) is 0 Å². The Morgan fingerprint density at radius 3 is 1.94 bits per heavy atom. The van der Waals surface area contributed by atoms with Crippen LogP contribution in [0.2, 0.25) is 5.02 Å². The van der Waals surface area contributed by atoms with Crippen molar-refractivity contribution in [1.82, 2.24) is 0 Å². The SMILES string of the molecule is COc1ccc(C(=O)/C=C\Cc2ccc(/C=C\c3cc(OC)c(OC)c(OC)c3)cc2)cc1Cl. The molecule has 176 valence electrons. The fourth-order valence-electron chi connectivity index (χ4n) is 3.37. The Kier molecular flexibility index (Phi) is 8.77. The van der Waals surface area contributed by atoms with Crippen LogP contribution >= 0.6 is 11.6 Å². The van der Waals surface area contributed by atoms with Crippen molar-refractivity contribution in [1.29, 1.82) is 0 Å². The van der Waals surface area contributed by atoms with Crippen molar-refractivity contribution in [2.75, 3.05) is 28.4 Å². The summed E-state index contributed by atoms with van der Waals surface area (Å²) < 4.78 is 21.3. The summed E-state index contributed by atoms with van der Waals surface area (Å²) in [7, 11) is 6.31. The quantitative estimate of drug-likeness (QED) is 0.188. The second-order valence-electron chi connectivity index (χ2n) is 7.35. The van der Waals surface area contributed by atoms with Crippen molar-refractivity contribution in [2.24, 2.45) is 0 Å². The smallest absolute Gasteiger partial charge is 0.203 e. The van der Waals surface area contributed by atoms with Gasteiger partial charge in [-0.25, -0.2) is 0 Å². The third kappa shape index (κ3) is 6.21. The number of halogens is 1. The summed E-state index contributed by atoms with van der Waals surface area (Å²) in [4.78, 5) is 12.4. The number of benzene rings is 3. The minimum Gasteiger partial charge on any atom is -0.495 e. The molecule has 0 N–H and O–H groups in total. The average Bonchev–Trinajstić information content (AvgIpc) is 2.87. The molecule has 0 saturated carbocycles. The fourth-order valence-corrected chi connectivity index (χ4v) is 3.63. The maximum absolute atomic E-state index is 12.4. The number of hydrogen-bond acceptors (Lipinski definition) is 5. The fraction of sp³-hybridized carbons (Fsp3) is 0.179. The van der Waals surface area contributed by atoms with E-state index in [2.05, 4.69) is 0 Å². The molecule has 0 aliphatic heterocycles. The summed E-state index contributed by atoms with van der Waals surface area (Å²) in [6.07, 6.45) is 8.05. The van der Waals surface area contributed by atoms with E-state index >= 15 is 0 Å². The third-order valence-electron chi connectivity index (χ3n) is 5.19. The Balaban J connectivity index is 1.63. The van der Waals surface area contributed by atoms with Gasteiger partial charge in [0.1, 0.15) is 5.75 Å². The molecule has 0 unspecified atom stereocenters. The van der Waals surface area contributed by atoms with E-state index in [0.717, 1.165) is 16.7 Å². The van der Waals surface area contributed by atoms with Crippen molar-refractivity contribution in [2.45, 2.75) is 6.42 Å². The normalized spacial score (nSPS) is 11.1. The van der Waals surface area contributed by atoms with Crippen LogP contribution in [0.1, 0.15) is 27.0 Å². The largest absolute Gasteiger partial charge is 0.495 e. The molecule has 3 rings (SSSR count). The number of ether oxygens (including phenoxy) is 4. The van der Waals surface area contributed by atoms with Crippen LogP contribution in [-0.4, -0.2) is 34.2 Å². The van der Waals surface area contributed by atoms with E-state index in [9.17, 15) is 4.79 Å². The van der Waals surface area contributed by atoms with Crippen molar-refractivity contribution < 1.29 is 23.7 Å². The van der Waals surface area contributed by atoms with Gasteiger partial charge in [-0.2, -0.15) is 0 Å². The number of carbonyl (C=O) groups excluding carboxylic acids is 1. The van der Waals surface area contributed by atoms with E-state index in [0.29, 0.717) is 40.0 Å². The molecule has 34 heavy (non-hydrogen) atoms. The molecule has 0 spiro atoms. The molecule has 0 aliphatic rings. The zero-order chi connectivity index (χ0) is 24.5. The molecule has 5 nitrogen and oxygen atoms in total. The van der Waals surface area contributed by atoms with Crippen molar-refractivity contribution >= 4 is 29.5 Å². The lowest BCUT2D eigenvalue weighted by molar-refractivity contribution is 0.104. The molecule has 0 bridgehead atoms. The maximum Gasteiger partial charge on any atom is 0.203 e. The first-order valence-corrected chi connectivity index (χ1v) is 11.0. The summed E-state index contributed by atoms with van der Waals surface area (Å²) in [5, 5.41) is 0.414. The molecule has 0 aliphatic carbocycles. The molecule has 3 aromatic rings.